The van der Waals surface area contributed by atoms with Gasteiger partial charge in [0, 0.05) is 55.2 Å². The Morgan fingerprint density at radius 2 is 1.64 bits per heavy atom. The molecule has 2 bridgehead atoms. The molecule has 14 heteroatoms. The number of nitrogens with zero attached hydrogens (tertiary/aromatic N) is 8. The summed E-state index contributed by atoms with van der Waals surface area (Å²) in [6.07, 6.45) is 12.7. The first-order chi connectivity index (χ1) is 26.7. The fraction of sp³-hybridized carbons (Fsp3) is 0.561. The van der Waals surface area contributed by atoms with E-state index >= 15 is 0 Å². The summed E-state index contributed by atoms with van der Waals surface area (Å²) in [6.45, 7) is 9.82. The van der Waals surface area contributed by atoms with Crippen molar-refractivity contribution in [3.05, 3.63) is 60.1 Å². The second-order valence-electron chi connectivity index (χ2n) is 15.9. The third-order valence-electron chi connectivity index (χ3n) is 12.2. The molecule has 4 aromatic rings. The highest BCUT2D eigenvalue weighted by Crippen LogP contribution is 2.39. The number of anilines is 3. The van der Waals surface area contributed by atoms with Gasteiger partial charge >= 0.3 is 5.97 Å². The molecular formula is C41H53N9O5. The van der Waals surface area contributed by atoms with Gasteiger partial charge in [-0.05, 0) is 112 Å². The van der Waals surface area contributed by atoms with E-state index in [4.69, 9.17) is 29.7 Å². The lowest BCUT2D eigenvalue weighted by Gasteiger charge is -2.42. The van der Waals surface area contributed by atoms with Crippen molar-refractivity contribution in [2.45, 2.75) is 108 Å². The predicted octanol–water partition coefficient (Wildman–Crippen LogP) is 5.94. The van der Waals surface area contributed by atoms with E-state index < -0.39 is 5.92 Å². The lowest BCUT2D eigenvalue weighted by molar-refractivity contribution is -0.146. The lowest BCUT2D eigenvalue weighted by atomic mass is 9.87. The van der Waals surface area contributed by atoms with Crippen LogP contribution in [-0.2, 0) is 9.53 Å². The maximum Gasteiger partial charge on any atom is 0.317 e. The van der Waals surface area contributed by atoms with Gasteiger partial charge in [-0.3, -0.25) is 4.79 Å². The molecule has 8 rings (SSSR count). The number of para-hydroxylation sites is 1. The van der Waals surface area contributed by atoms with Gasteiger partial charge in [-0.15, -0.1) is 10.2 Å². The van der Waals surface area contributed by atoms with E-state index in [1.165, 1.54) is 5.56 Å². The summed E-state index contributed by atoms with van der Waals surface area (Å²) in [4.78, 5) is 29.8. The zero-order valence-electron chi connectivity index (χ0n) is 32.1. The quantitative estimate of drug-likeness (QED) is 0.173. The number of nitrogens with two attached hydrogens (primary N) is 1. The number of hydrogen-bond donors (Lipinski definition) is 2. The molecule has 3 atom stereocenters. The number of benzene rings is 1. The molecule has 1 saturated carbocycles. The molecule has 0 spiro atoms. The van der Waals surface area contributed by atoms with Crippen molar-refractivity contribution in [1.82, 2.24) is 30.2 Å². The SMILES string of the molecule is CCOC(=O)C(c1cc(OC2CCC(N3CCC(c4cnc(N5C6CCC5CN(c5cc(-c7ccccc7O)nnc5N)C6)nc4)CC3)CC2)no1)C(C)C. The van der Waals surface area contributed by atoms with Gasteiger partial charge in [0.15, 0.2) is 11.6 Å². The van der Waals surface area contributed by atoms with E-state index in [0.717, 1.165) is 89.2 Å². The number of carbonyl (C=O) groups is 1. The lowest BCUT2D eigenvalue weighted by Crippen LogP contribution is -2.54. The number of rotatable bonds is 11. The summed E-state index contributed by atoms with van der Waals surface area (Å²) in [5, 5.41) is 23.0. The molecule has 1 aliphatic carbocycles. The van der Waals surface area contributed by atoms with Gasteiger partial charge in [0.05, 0.1) is 18.0 Å². The second kappa shape index (κ2) is 16.0. The maximum atomic E-state index is 12.5. The van der Waals surface area contributed by atoms with Crippen molar-refractivity contribution < 1.29 is 23.9 Å². The van der Waals surface area contributed by atoms with Crippen LogP contribution in [0.5, 0.6) is 11.6 Å². The molecule has 3 N–H and O–H groups in total. The number of nitrogen functional groups attached to an aromatic ring is 1. The van der Waals surface area contributed by atoms with E-state index in [9.17, 15) is 9.90 Å². The van der Waals surface area contributed by atoms with Crippen LogP contribution >= 0.6 is 0 Å². The molecule has 3 aliphatic heterocycles. The number of hydrogen-bond acceptors (Lipinski definition) is 14. The van der Waals surface area contributed by atoms with Crippen molar-refractivity contribution in [3.63, 3.8) is 0 Å². The molecule has 3 aromatic heterocycles. The second-order valence-corrected chi connectivity index (χ2v) is 15.9. The number of ether oxygens (including phenoxy) is 2. The highest BCUT2D eigenvalue weighted by Gasteiger charge is 2.42. The minimum absolute atomic E-state index is 0.0282. The van der Waals surface area contributed by atoms with Crippen LogP contribution in [0.15, 0.2) is 53.3 Å². The van der Waals surface area contributed by atoms with Crippen LogP contribution in [-0.4, -0.2) is 98.3 Å². The largest absolute Gasteiger partial charge is 0.507 e. The summed E-state index contributed by atoms with van der Waals surface area (Å²) >= 11 is 0. The number of piperidine rings is 1. The molecule has 3 unspecified atom stereocenters. The average molecular weight is 752 g/mol. The van der Waals surface area contributed by atoms with Crippen molar-refractivity contribution in [1.29, 1.82) is 0 Å². The van der Waals surface area contributed by atoms with E-state index in [0.29, 0.717) is 47.3 Å². The van der Waals surface area contributed by atoms with Crippen LogP contribution < -0.4 is 20.3 Å². The molecular weight excluding hydrogens is 699 g/mol. The summed E-state index contributed by atoms with van der Waals surface area (Å²) in [5.41, 5.74) is 9.67. The molecule has 3 saturated heterocycles. The Bertz CT molecular complexity index is 1910. The van der Waals surface area contributed by atoms with E-state index in [1.807, 2.05) is 32.0 Å². The van der Waals surface area contributed by atoms with Crippen LogP contribution in [0.3, 0.4) is 0 Å². The summed E-state index contributed by atoms with van der Waals surface area (Å²) in [5.74, 6) is 2.03. The Labute approximate surface area is 322 Å². The first-order valence-corrected chi connectivity index (χ1v) is 20.1. The zero-order chi connectivity index (χ0) is 38.1. The monoisotopic (exact) mass is 751 g/mol. The molecule has 4 fully saturated rings. The van der Waals surface area contributed by atoms with Crippen LogP contribution in [0.25, 0.3) is 11.3 Å². The Balaban J connectivity index is 0.815. The number of likely N-dealkylation sites (tertiary alicyclic amines) is 1. The first kappa shape index (κ1) is 37.0. The molecule has 0 amide bonds. The molecule has 55 heavy (non-hydrogen) atoms. The Hall–Kier alpha value is -4.98. The number of carbonyl (C=O) groups excluding carboxylic acids is 1. The van der Waals surface area contributed by atoms with Crippen molar-refractivity contribution in [2.24, 2.45) is 5.92 Å². The maximum absolute atomic E-state index is 12.5. The highest BCUT2D eigenvalue weighted by molar-refractivity contribution is 5.77. The predicted molar refractivity (Wildman–Crippen MR) is 208 cm³/mol. The summed E-state index contributed by atoms with van der Waals surface area (Å²) in [7, 11) is 0. The smallest absolute Gasteiger partial charge is 0.317 e. The molecule has 0 radical (unpaired) electrons. The standard InChI is InChI=1S/C41H53N9O5/c1-4-53-40(52)38(25(2)3)36-20-37(47-55-36)54-31-13-11-28(12-14-31)48-17-15-26(16-18-48)27-21-43-41(44-22-27)50-29-9-10-30(50)24-49(23-29)34-19-33(45-46-39(34)42)32-7-5-6-8-35(32)51/h5-8,19-22,25-26,28-31,38,51H,4,9-18,23-24H2,1-3H3,(H2,42,46). The van der Waals surface area contributed by atoms with Gasteiger partial charge in [0.25, 0.3) is 5.88 Å². The fourth-order valence-corrected chi connectivity index (χ4v) is 9.29. The normalized spacial score (nSPS) is 23.9. The van der Waals surface area contributed by atoms with Gasteiger partial charge in [0.1, 0.15) is 17.8 Å². The van der Waals surface area contributed by atoms with E-state index in [1.54, 1.807) is 25.1 Å². The summed E-state index contributed by atoms with van der Waals surface area (Å²) in [6, 6.07) is 12.0. The van der Waals surface area contributed by atoms with E-state index in [2.05, 4.69) is 42.4 Å². The van der Waals surface area contributed by atoms with Crippen LogP contribution in [0, 0.1) is 5.92 Å². The van der Waals surface area contributed by atoms with Gasteiger partial charge in [-0.1, -0.05) is 26.0 Å². The Morgan fingerprint density at radius 1 is 0.945 bits per heavy atom. The molecule has 4 aliphatic rings. The number of aromatic hydroxyl groups is 1. The molecule has 6 heterocycles. The highest BCUT2D eigenvalue weighted by atomic mass is 16.6. The van der Waals surface area contributed by atoms with E-state index in [-0.39, 0.29) is 35.8 Å². The topological polar surface area (TPSA) is 169 Å². The van der Waals surface area contributed by atoms with Crippen LogP contribution in [0.2, 0.25) is 0 Å². The first-order valence-electron chi connectivity index (χ1n) is 20.1. The molecule has 292 valence electrons. The van der Waals surface area contributed by atoms with Gasteiger partial charge in [-0.2, -0.15) is 0 Å². The number of esters is 1. The van der Waals surface area contributed by atoms with Gasteiger partial charge < -0.3 is 39.5 Å². The fourth-order valence-electron chi connectivity index (χ4n) is 9.29. The van der Waals surface area contributed by atoms with Crippen LogP contribution in [0.4, 0.5) is 17.5 Å². The Morgan fingerprint density at radius 3 is 2.31 bits per heavy atom. The van der Waals surface area contributed by atoms with Crippen molar-refractivity contribution in [2.75, 3.05) is 48.3 Å². The number of phenolic OH excluding ortho intramolecular Hbond substituents is 1. The number of phenols is 1. The average Bonchev–Trinajstić information content (AvgIpc) is 3.75. The van der Waals surface area contributed by atoms with Crippen LogP contribution in [0.1, 0.15) is 95.3 Å². The van der Waals surface area contributed by atoms with Crippen molar-refractivity contribution in [3.8, 4) is 22.9 Å². The minimum atomic E-state index is -0.491. The third-order valence-corrected chi connectivity index (χ3v) is 12.2. The molecule has 14 nitrogen and oxygen atoms in total. The Kier molecular flexibility index (Phi) is 10.8. The van der Waals surface area contributed by atoms with Crippen molar-refractivity contribution >= 4 is 23.4 Å². The molecule has 1 aromatic carbocycles. The van der Waals surface area contributed by atoms with Gasteiger partial charge in [0.2, 0.25) is 5.95 Å². The third kappa shape index (κ3) is 7.78. The minimum Gasteiger partial charge on any atom is -0.507 e. The number of aromatic nitrogens is 5. The van der Waals surface area contributed by atoms with Gasteiger partial charge in [-0.25, -0.2) is 9.97 Å². The number of fused-ring (bicyclic) bond motifs is 2. The summed E-state index contributed by atoms with van der Waals surface area (Å²) < 4.78 is 17.0. The zero-order valence-corrected chi connectivity index (χ0v) is 32.1. The number of piperazine rings is 1.